The Morgan fingerprint density at radius 3 is 1.27 bits per heavy atom. The first-order chi connectivity index (χ1) is 4.83. The highest BCUT2D eigenvalue weighted by Crippen LogP contribution is 2.20. The molecule has 0 atom stereocenters. The molecular weight excluding hydrogens is 168 g/mol. The van der Waals surface area contributed by atoms with Gasteiger partial charge in [-0.2, -0.15) is 0 Å². The quantitative estimate of drug-likeness (QED) is 0.590. The van der Waals surface area contributed by atoms with Crippen molar-refractivity contribution in [2.75, 3.05) is 28.2 Å². The molecule has 0 heterocycles. The summed E-state index contributed by atoms with van der Waals surface area (Å²) in [6, 6.07) is 0. The van der Waals surface area contributed by atoms with E-state index in [9.17, 15) is 0 Å². The third-order valence-corrected chi connectivity index (χ3v) is 3.69. The van der Waals surface area contributed by atoms with Gasteiger partial charge in [-0.1, -0.05) is 13.8 Å². The predicted molar refractivity (Wildman–Crippen MR) is 52.9 cm³/mol. The maximum Gasteiger partial charge on any atom is 0.145 e. The van der Waals surface area contributed by atoms with Crippen LogP contribution in [0.1, 0.15) is 13.8 Å². The first kappa shape index (κ1) is 11.4. The molecule has 2 nitrogen and oxygen atoms in total. The van der Waals surface area contributed by atoms with Gasteiger partial charge in [-0.05, 0) is 32.9 Å². The van der Waals surface area contributed by atoms with Crippen molar-refractivity contribution in [1.29, 1.82) is 0 Å². The van der Waals surface area contributed by atoms with Gasteiger partial charge >= 0.3 is 0 Å². The number of rotatable bonds is 4. The van der Waals surface area contributed by atoms with Gasteiger partial charge < -0.3 is 9.13 Å². The molecule has 0 aromatic rings. The molecule has 0 N–H and O–H groups in total. The minimum atomic E-state index is 0.451. The molecular formula is C7H18N2Si2. The average molecular weight is 186 g/mol. The Balaban J connectivity index is 3.79. The molecule has 0 rings (SSSR count). The first-order valence-corrected chi connectivity index (χ1v) is 5.63. The Morgan fingerprint density at radius 2 is 1.09 bits per heavy atom. The summed E-state index contributed by atoms with van der Waals surface area (Å²) in [5.41, 5.74) is 0. The smallest absolute Gasteiger partial charge is 0.145 e. The second kappa shape index (κ2) is 4.40. The highest BCUT2D eigenvalue weighted by Gasteiger charge is 2.22. The Labute approximate surface area is 75.8 Å². The van der Waals surface area contributed by atoms with Crippen LogP contribution in [0.3, 0.4) is 0 Å². The van der Waals surface area contributed by atoms with Crippen molar-refractivity contribution in [2.45, 2.75) is 18.5 Å². The van der Waals surface area contributed by atoms with Crippen molar-refractivity contribution in [1.82, 2.24) is 9.13 Å². The molecule has 0 amide bonds. The van der Waals surface area contributed by atoms with Crippen LogP contribution in [0.2, 0.25) is 4.66 Å². The molecule has 4 heteroatoms. The Bertz CT molecular complexity index is 101. The first-order valence-electron chi connectivity index (χ1n) is 3.74. The lowest BCUT2D eigenvalue weighted by Crippen LogP contribution is -2.37. The van der Waals surface area contributed by atoms with Gasteiger partial charge in [0.25, 0.3) is 0 Å². The maximum atomic E-state index is 2.32. The summed E-state index contributed by atoms with van der Waals surface area (Å²) < 4.78 is 5.00. The SMILES string of the molecule is CN(C)[Si]C(C)(C)[Si]N(C)C. The summed E-state index contributed by atoms with van der Waals surface area (Å²) in [4.78, 5) is 0. The van der Waals surface area contributed by atoms with Crippen LogP contribution in [0.4, 0.5) is 0 Å². The molecule has 0 aromatic heterocycles. The largest absolute Gasteiger partial charge is 0.331 e. The minimum absolute atomic E-state index is 0.451. The molecule has 0 saturated heterocycles. The highest BCUT2D eigenvalue weighted by molar-refractivity contribution is 6.58. The summed E-state index contributed by atoms with van der Waals surface area (Å²) in [5, 5.41) is 0. The molecule has 64 valence electrons. The van der Waals surface area contributed by atoms with Crippen molar-refractivity contribution in [3.05, 3.63) is 0 Å². The van der Waals surface area contributed by atoms with Gasteiger partial charge in [0, 0.05) is 0 Å². The fourth-order valence-electron chi connectivity index (χ4n) is 1.14. The van der Waals surface area contributed by atoms with E-state index in [1.54, 1.807) is 0 Å². The van der Waals surface area contributed by atoms with Crippen molar-refractivity contribution in [3.63, 3.8) is 0 Å². The molecule has 0 saturated carbocycles. The van der Waals surface area contributed by atoms with Gasteiger partial charge in [0.1, 0.15) is 19.4 Å². The highest BCUT2D eigenvalue weighted by atomic mass is 28.3. The van der Waals surface area contributed by atoms with Gasteiger partial charge in [-0.15, -0.1) is 0 Å². The van der Waals surface area contributed by atoms with Gasteiger partial charge in [0.2, 0.25) is 0 Å². The van der Waals surface area contributed by atoms with Crippen LogP contribution in [-0.4, -0.2) is 56.7 Å². The van der Waals surface area contributed by atoms with E-state index < -0.39 is 0 Å². The fourth-order valence-corrected chi connectivity index (χ4v) is 4.92. The molecule has 0 fully saturated rings. The van der Waals surface area contributed by atoms with E-state index in [4.69, 9.17) is 0 Å². The van der Waals surface area contributed by atoms with Crippen LogP contribution in [0.5, 0.6) is 0 Å². The standard InChI is InChI=1S/C7H18N2Si2/c1-7(2,10-8(3)4)11-9(5)6/h1-6H3. The van der Waals surface area contributed by atoms with E-state index >= 15 is 0 Å². The van der Waals surface area contributed by atoms with Crippen molar-refractivity contribution in [2.24, 2.45) is 0 Å². The topological polar surface area (TPSA) is 6.48 Å². The Kier molecular flexibility index (Phi) is 4.54. The number of nitrogens with zero attached hydrogens (tertiary/aromatic N) is 2. The van der Waals surface area contributed by atoms with Crippen molar-refractivity contribution < 1.29 is 0 Å². The van der Waals surface area contributed by atoms with Crippen molar-refractivity contribution in [3.8, 4) is 0 Å². The lowest BCUT2D eigenvalue weighted by atomic mass is 10.5. The fraction of sp³-hybridized carbons (Fsp3) is 1.00. The van der Waals surface area contributed by atoms with Gasteiger partial charge in [-0.3, -0.25) is 0 Å². The van der Waals surface area contributed by atoms with E-state index in [2.05, 4.69) is 51.2 Å². The molecule has 0 aliphatic carbocycles. The third-order valence-electron chi connectivity index (χ3n) is 1.01. The number of hydrogen-bond acceptors (Lipinski definition) is 2. The van der Waals surface area contributed by atoms with Crippen LogP contribution in [0.15, 0.2) is 0 Å². The molecule has 11 heavy (non-hydrogen) atoms. The van der Waals surface area contributed by atoms with E-state index in [-0.39, 0.29) is 0 Å². The van der Waals surface area contributed by atoms with Gasteiger partial charge in [0.05, 0.1) is 0 Å². The maximum absolute atomic E-state index is 2.32. The van der Waals surface area contributed by atoms with Gasteiger partial charge in [0.15, 0.2) is 0 Å². The lowest BCUT2D eigenvalue weighted by molar-refractivity contribution is 0.601. The zero-order valence-corrected chi connectivity index (χ0v) is 10.4. The van der Waals surface area contributed by atoms with E-state index in [0.29, 0.717) is 4.66 Å². The zero-order valence-electron chi connectivity index (χ0n) is 8.39. The second-order valence-corrected chi connectivity index (χ2v) is 8.87. The second-order valence-electron chi connectivity index (χ2n) is 3.64. The molecule has 0 aromatic carbocycles. The number of hydrogen-bond donors (Lipinski definition) is 0. The summed E-state index contributed by atoms with van der Waals surface area (Å²) in [7, 11) is 10.4. The Morgan fingerprint density at radius 1 is 0.818 bits per heavy atom. The normalized spacial score (nSPS) is 13.1. The van der Waals surface area contributed by atoms with Gasteiger partial charge in [-0.25, -0.2) is 0 Å². The summed E-state index contributed by atoms with van der Waals surface area (Å²) >= 11 is 0. The average Bonchev–Trinajstić information content (AvgIpc) is 1.53. The minimum Gasteiger partial charge on any atom is -0.331 e. The molecule has 0 unspecified atom stereocenters. The van der Waals surface area contributed by atoms with E-state index in [1.807, 2.05) is 0 Å². The van der Waals surface area contributed by atoms with Crippen LogP contribution in [-0.2, 0) is 0 Å². The van der Waals surface area contributed by atoms with Crippen molar-refractivity contribution >= 4 is 19.4 Å². The zero-order chi connectivity index (χ0) is 9.07. The molecule has 0 aliphatic rings. The lowest BCUT2D eigenvalue weighted by Gasteiger charge is -2.28. The Hall–Kier alpha value is 0.354. The molecule has 0 bridgehead atoms. The van der Waals surface area contributed by atoms with Crippen LogP contribution in [0.25, 0.3) is 0 Å². The van der Waals surface area contributed by atoms with E-state index in [0.717, 1.165) is 19.4 Å². The summed E-state index contributed by atoms with van der Waals surface area (Å²) in [5.74, 6) is 0. The van der Waals surface area contributed by atoms with Crippen LogP contribution in [0, 0.1) is 0 Å². The van der Waals surface area contributed by atoms with Crippen LogP contribution < -0.4 is 0 Å². The summed E-state index contributed by atoms with van der Waals surface area (Å²) in [6.07, 6.45) is 0. The third kappa shape index (κ3) is 6.74. The molecule has 4 radical (unpaired) electrons. The van der Waals surface area contributed by atoms with E-state index in [1.165, 1.54) is 0 Å². The molecule has 0 spiro atoms. The monoisotopic (exact) mass is 186 g/mol. The molecule has 0 aliphatic heterocycles. The van der Waals surface area contributed by atoms with Crippen LogP contribution >= 0.6 is 0 Å². The predicted octanol–water partition coefficient (Wildman–Crippen LogP) is 0.504. The summed E-state index contributed by atoms with van der Waals surface area (Å²) in [6.45, 7) is 4.65.